The molecule has 2 aliphatic heterocycles. The van der Waals surface area contributed by atoms with Crippen LogP contribution in [-0.4, -0.2) is 68.2 Å². The SMILES string of the molecule is CC[C@H]1C[C@]2(CCN1Cc1cccc(OC(C)C)c1)C(=O)N(Cc1cc(C)on1)C(=O)N2C1CCCC(F)C1. The van der Waals surface area contributed by atoms with Crippen LogP contribution in [0.3, 0.4) is 0 Å². The van der Waals surface area contributed by atoms with Gasteiger partial charge in [0.05, 0.1) is 12.6 Å². The molecule has 9 heteroatoms. The molecule has 0 radical (unpaired) electrons. The summed E-state index contributed by atoms with van der Waals surface area (Å²) in [5, 5.41) is 4.03. The number of halogens is 1. The van der Waals surface area contributed by atoms with Crippen molar-refractivity contribution in [3.63, 3.8) is 0 Å². The van der Waals surface area contributed by atoms with Gasteiger partial charge >= 0.3 is 6.03 Å². The van der Waals surface area contributed by atoms with Crippen molar-refractivity contribution < 1.29 is 23.2 Å². The van der Waals surface area contributed by atoms with Gasteiger partial charge in [-0.15, -0.1) is 0 Å². The molecule has 2 saturated heterocycles. The number of piperidine rings is 1. The number of alkyl halides is 1. The van der Waals surface area contributed by atoms with E-state index in [-0.39, 0.29) is 36.7 Å². The van der Waals surface area contributed by atoms with Crippen molar-refractivity contribution in [2.45, 2.75) is 116 Å². The topological polar surface area (TPSA) is 79.1 Å². The Hall–Kier alpha value is -2.94. The van der Waals surface area contributed by atoms with Crippen molar-refractivity contribution >= 4 is 11.9 Å². The van der Waals surface area contributed by atoms with Crippen molar-refractivity contribution in [2.75, 3.05) is 6.54 Å². The predicted octanol–water partition coefficient (Wildman–Crippen LogP) is 5.63. The number of ether oxygens (including phenoxy) is 1. The summed E-state index contributed by atoms with van der Waals surface area (Å²) < 4.78 is 25.7. The van der Waals surface area contributed by atoms with Gasteiger partial charge in [-0.2, -0.15) is 0 Å². The predicted molar refractivity (Wildman–Crippen MR) is 145 cm³/mol. The standard InChI is InChI=1S/C30H41FN4O4/c1-5-25-17-30(12-13-33(25)18-22-8-6-11-27(15-22)38-20(2)3)28(36)34(19-24-14-21(4)39-32-24)29(37)35(30)26-10-7-9-23(31)16-26/h6,8,11,14-15,20,23,25-26H,5,7,9-10,12-13,16-19H2,1-4H3/t23?,25-,26?,30+/m0/s1. The molecule has 0 bridgehead atoms. The maximum atomic E-state index is 14.6. The van der Waals surface area contributed by atoms with Crippen LogP contribution in [0, 0.1) is 6.92 Å². The number of nitrogens with zero attached hydrogens (tertiary/aromatic N) is 4. The molecule has 1 aromatic carbocycles. The molecule has 1 saturated carbocycles. The Balaban J connectivity index is 1.41. The first-order valence-corrected chi connectivity index (χ1v) is 14.4. The van der Waals surface area contributed by atoms with E-state index in [1.54, 1.807) is 17.9 Å². The molecule has 1 aromatic heterocycles. The highest BCUT2D eigenvalue weighted by Crippen LogP contribution is 2.45. The Bertz CT molecular complexity index is 1190. The van der Waals surface area contributed by atoms with Crippen molar-refractivity contribution in [3.05, 3.63) is 47.3 Å². The van der Waals surface area contributed by atoms with Crippen LogP contribution in [0.25, 0.3) is 0 Å². The maximum Gasteiger partial charge on any atom is 0.328 e. The number of benzene rings is 1. The smallest absolute Gasteiger partial charge is 0.328 e. The number of carbonyl (C=O) groups is 2. The molecule has 3 aliphatic rings. The average Bonchev–Trinajstić information content (AvgIpc) is 3.39. The third kappa shape index (κ3) is 5.55. The van der Waals surface area contributed by atoms with Gasteiger partial charge in [-0.05, 0) is 83.4 Å². The zero-order chi connectivity index (χ0) is 27.7. The van der Waals surface area contributed by atoms with Gasteiger partial charge in [0, 0.05) is 31.2 Å². The fourth-order valence-electron chi connectivity index (χ4n) is 6.77. The Kier molecular flexibility index (Phi) is 7.99. The molecule has 4 atom stereocenters. The van der Waals surface area contributed by atoms with Crippen LogP contribution in [0.2, 0.25) is 0 Å². The fourth-order valence-corrected chi connectivity index (χ4v) is 6.77. The van der Waals surface area contributed by atoms with Gasteiger partial charge in [-0.1, -0.05) is 24.2 Å². The molecule has 3 fully saturated rings. The molecule has 2 unspecified atom stereocenters. The number of likely N-dealkylation sites (tertiary alicyclic amines) is 1. The third-order valence-electron chi connectivity index (χ3n) is 8.52. The Morgan fingerprint density at radius 3 is 2.72 bits per heavy atom. The summed E-state index contributed by atoms with van der Waals surface area (Å²) in [6, 6.07) is 9.43. The lowest BCUT2D eigenvalue weighted by Crippen LogP contribution is -2.62. The number of carbonyl (C=O) groups excluding carboxylic acids is 2. The highest BCUT2D eigenvalue weighted by molar-refractivity contribution is 6.07. The number of aryl methyl sites for hydroxylation is 1. The van der Waals surface area contributed by atoms with E-state index in [1.165, 1.54) is 4.90 Å². The van der Waals surface area contributed by atoms with Crippen LogP contribution in [0.15, 0.2) is 34.9 Å². The van der Waals surface area contributed by atoms with E-state index in [2.05, 4.69) is 29.1 Å². The number of aromatic nitrogens is 1. The maximum absolute atomic E-state index is 14.6. The van der Waals surface area contributed by atoms with Crippen LogP contribution in [0.1, 0.15) is 82.7 Å². The Labute approximate surface area is 230 Å². The van der Waals surface area contributed by atoms with Crippen molar-refractivity contribution in [1.82, 2.24) is 19.9 Å². The number of urea groups is 1. The number of imide groups is 1. The molecule has 2 aromatic rings. The van der Waals surface area contributed by atoms with Gasteiger partial charge in [0.2, 0.25) is 0 Å². The number of hydrogen-bond donors (Lipinski definition) is 0. The van der Waals surface area contributed by atoms with Crippen LogP contribution in [-0.2, 0) is 17.9 Å². The van der Waals surface area contributed by atoms with Gasteiger partial charge in [0.1, 0.15) is 28.9 Å². The second kappa shape index (κ2) is 11.3. The van der Waals surface area contributed by atoms with Gasteiger partial charge in [-0.25, -0.2) is 9.18 Å². The van der Waals surface area contributed by atoms with Crippen LogP contribution in [0.4, 0.5) is 9.18 Å². The molecule has 1 spiro atoms. The van der Waals surface area contributed by atoms with Gasteiger partial charge in [0.25, 0.3) is 5.91 Å². The Morgan fingerprint density at radius 2 is 2.03 bits per heavy atom. The van der Waals surface area contributed by atoms with E-state index in [0.29, 0.717) is 43.7 Å². The molecule has 8 nitrogen and oxygen atoms in total. The van der Waals surface area contributed by atoms with Crippen molar-refractivity contribution in [3.8, 4) is 5.75 Å². The minimum absolute atomic E-state index is 0.0716. The molecule has 3 heterocycles. The lowest BCUT2D eigenvalue weighted by atomic mass is 9.78. The molecule has 212 valence electrons. The van der Waals surface area contributed by atoms with Crippen LogP contribution >= 0.6 is 0 Å². The highest BCUT2D eigenvalue weighted by Gasteiger charge is 2.61. The van der Waals surface area contributed by atoms with Crippen molar-refractivity contribution in [1.29, 1.82) is 0 Å². The first-order chi connectivity index (χ1) is 18.7. The minimum Gasteiger partial charge on any atom is -0.491 e. The van der Waals surface area contributed by atoms with Crippen LogP contribution < -0.4 is 4.74 Å². The first-order valence-electron chi connectivity index (χ1n) is 14.4. The van der Waals surface area contributed by atoms with E-state index < -0.39 is 11.7 Å². The van der Waals surface area contributed by atoms with Crippen LogP contribution in [0.5, 0.6) is 5.75 Å². The number of rotatable bonds is 8. The second-order valence-electron chi connectivity index (χ2n) is 11.7. The largest absolute Gasteiger partial charge is 0.491 e. The molecular weight excluding hydrogens is 499 g/mol. The number of hydrogen-bond acceptors (Lipinski definition) is 6. The first kappa shape index (κ1) is 27.6. The minimum atomic E-state index is -0.961. The van der Waals surface area contributed by atoms with Gasteiger partial charge in [0.15, 0.2) is 0 Å². The summed E-state index contributed by atoms with van der Waals surface area (Å²) in [6.07, 6.45) is 3.32. The summed E-state index contributed by atoms with van der Waals surface area (Å²) in [7, 11) is 0. The summed E-state index contributed by atoms with van der Waals surface area (Å²) in [5.41, 5.74) is 0.743. The summed E-state index contributed by atoms with van der Waals surface area (Å²) >= 11 is 0. The Morgan fingerprint density at radius 1 is 1.21 bits per heavy atom. The highest BCUT2D eigenvalue weighted by atomic mass is 19.1. The summed E-state index contributed by atoms with van der Waals surface area (Å²) in [6.45, 7) is 9.43. The second-order valence-corrected chi connectivity index (χ2v) is 11.7. The van der Waals surface area contributed by atoms with Gasteiger partial charge in [-0.3, -0.25) is 14.6 Å². The summed E-state index contributed by atoms with van der Waals surface area (Å²) in [5.74, 6) is 1.30. The van der Waals surface area contributed by atoms with E-state index in [0.717, 1.165) is 37.1 Å². The van der Waals surface area contributed by atoms with E-state index in [1.807, 2.05) is 26.0 Å². The average molecular weight is 541 g/mol. The van der Waals surface area contributed by atoms with E-state index >= 15 is 0 Å². The summed E-state index contributed by atoms with van der Waals surface area (Å²) in [4.78, 5) is 33.6. The third-order valence-corrected chi connectivity index (χ3v) is 8.52. The lowest BCUT2D eigenvalue weighted by Gasteiger charge is -2.49. The molecular formula is C30H41FN4O4. The molecule has 0 N–H and O–H groups in total. The van der Waals surface area contributed by atoms with E-state index in [4.69, 9.17) is 9.26 Å². The molecule has 39 heavy (non-hydrogen) atoms. The van der Waals surface area contributed by atoms with E-state index in [9.17, 15) is 14.0 Å². The zero-order valence-corrected chi connectivity index (χ0v) is 23.6. The lowest BCUT2D eigenvalue weighted by molar-refractivity contribution is -0.138. The van der Waals surface area contributed by atoms with Crippen molar-refractivity contribution in [2.24, 2.45) is 0 Å². The molecule has 5 rings (SSSR count). The molecule has 1 aliphatic carbocycles. The monoisotopic (exact) mass is 540 g/mol. The normalized spacial score (nSPS) is 28.2. The molecule has 3 amide bonds. The zero-order valence-electron chi connectivity index (χ0n) is 23.6. The number of amides is 3. The van der Waals surface area contributed by atoms with Gasteiger partial charge < -0.3 is 14.2 Å². The fraction of sp³-hybridized carbons (Fsp3) is 0.633. The quantitative estimate of drug-likeness (QED) is 0.404.